The summed E-state index contributed by atoms with van der Waals surface area (Å²) in [6.45, 7) is 5.77. The number of ketones is 1. The van der Waals surface area contributed by atoms with Gasteiger partial charge in [-0.25, -0.2) is 9.59 Å². The molecule has 0 aliphatic carbocycles. The van der Waals surface area contributed by atoms with E-state index in [1.165, 1.54) is 6.92 Å². The van der Waals surface area contributed by atoms with Gasteiger partial charge in [0.15, 0.2) is 0 Å². The van der Waals surface area contributed by atoms with Gasteiger partial charge in [-0.1, -0.05) is 50.1 Å². The standard InChI is InChI=1S/C21H29NO5/c1-4-6-12-18-21(27-19(24)16(3)23,15-17-10-8-7-9-11-17)13-14-22(18)20(25)26-5-2/h7-11,18H,4-6,12-15H2,1-3H3. The molecular formula is C21H29NO5. The first-order chi connectivity index (χ1) is 12.9. The number of unbranched alkanes of at least 4 members (excludes halogenated alkanes) is 1. The second-order valence-electron chi connectivity index (χ2n) is 6.97. The van der Waals surface area contributed by atoms with Gasteiger partial charge in [0.1, 0.15) is 5.60 Å². The van der Waals surface area contributed by atoms with E-state index in [2.05, 4.69) is 6.92 Å². The molecule has 0 bridgehead atoms. The van der Waals surface area contributed by atoms with Crippen molar-refractivity contribution in [3.8, 4) is 0 Å². The van der Waals surface area contributed by atoms with E-state index < -0.39 is 23.4 Å². The highest BCUT2D eigenvalue weighted by molar-refractivity contribution is 6.32. The molecule has 2 unspecified atom stereocenters. The van der Waals surface area contributed by atoms with Crippen molar-refractivity contribution in [2.75, 3.05) is 13.2 Å². The van der Waals surface area contributed by atoms with Crippen molar-refractivity contribution in [1.82, 2.24) is 4.90 Å². The van der Waals surface area contributed by atoms with Crippen LogP contribution in [0.5, 0.6) is 0 Å². The van der Waals surface area contributed by atoms with Crippen molar-refractivity contribution in [1.29, 1.82) is 0 Å². The second kappa shape index (κ2) is 9.53. The van der Waals surface area contributed by atoms with Gasteiger partial charge in [0.25, 0.3) is 0 Å². The monoisotopic (exact) mass is 375 g/mol. The Hall–Kier alpha value is -2.37. The van der Waals surface area contributed by atoms with Crippen LogP contribution in [0, 0.1) is 0 Å². The van der Waals surface area contributed by atoms with Crippen molar-refractivity contribution in [2.24, 2.45) is 0 Å². The van der Waals surface area contributed by atoms with Crippen LogP contribution in [0.2, 0.25) is 0 Å². The molecule has 1 aliphatic rings. The minimum atomic E-state index is -0.925. The summed E-state index contributed by atoms with van der Waals surface area (Å²) in [6.07, 6.45) is 3.06. The number of ether oxygens (including phenoxy) is 2. The van der Waals surface area contributed by atoms with Gasteiger partial charge >= 0.3 is 12.1 Å². The van der Waals surface area contributed by atoms with E-state index in [1.807, 2.05) is 30.3 Å². The Labute approximate surface area is 160 Å². The van der Waals surface area contributed by atoms with Gasteiger partial charge in [-0.05, 0) is 18.9 Å². The summed E-state index contributed by atoms with van der Waals surface area (Å²) in [4.78, 5) is 37.9. The fourth-order valence-corrected chi connectivity index (χ4v) is 3.72. The normalized spacial score (nSPS) is 21.7. The van der Waals surface area contributed by atoms with Crippen molar-refractivity contribution in [3.63, 3.8) is 0 Å². The maximum absolute atomic E-state index is 12.5. The quantitative estimate of drug-likeness (QED) is 0.513. The van der Waals surface area contributed by atoms with Crippen LogP contribution in [-0.2, 0) is 25.5 Å². The molecule has 1 aromatic carbocycles. The third-order valence-electron chi connectivity index (χ3n) is 5.02. The van der Waals surface area contributed by atoms with Gasteiger partial charge in [-0.3, -0.25) is 4.79 Å². The molecule has 0 spiro atoms. The summed E-state index contributed by atoms with van der Waals surface area (Å²) in [7, 11) is 0. The van der Waals surface area contributed by atoms with Crippen LogP contribution in [0.1, 0.15) is 52.0 Å². The second-order valence-corrected chi connectivity index (χ2v) is 6.97. The van der Waals surface area contributed by atoms with Gasteiger partial charge in [0.05, 0.1) is 12.6 Å². The average Bonchev–Trinajstić information content (AvgIpc) is 2.98. The van der Waals surface area contributed by atoms with Gasteiger partial charge in [0.2, 0.25) is 5.78 Å². The number of hydrogen-bond donors (Lipinski definition) is 0. The Morgan fingerprint density at radius 2 is 1.89 bits per heavy atom. The predicted octanol–water partition coefficient (Wildman–Crippen LogP) is 3.52. The zero-order valence-electron chi connectivity index (χ0n) is 16.4. The summed E-state index contributed by atoms with van der Waals surface area (Å²) >= 11 is 0. The molecule has 0 radical (unpaired) electrons. The number of amides is 1. The SMILES string of the molecule is CCCCC1N(C(=O)OCC)CCC1(Cc1ccccc1)OC(=O)C(C)=O. The largest absolute Gasteiger partial charge is 0.451 e. The Morgan fingerprint density at radius 3 is 2.48 bits per heavy atom. The molecule has 1 heterocycles. The maximum atomic E-state index is 12.5. The highest BCUT2D eigenvalue weighted by Gasteiger charge is 2.52. The summed E-state index contributed by atoms with van der Waals surface area (Å²) < 4.78 is 11.0. The number of carbonyl (C=O) groups is 3. The molecule has 0 saturated carbocycles. The number of benzene rings is 1. The molecule has 1 fully saturated rings. The lowest BCUT2D eigenvalue weighted by Gasteiger charge is -2.37. The van der Waals surface area contributed by atoms with E-state index in [4.69, 9.17) is 9.47 Å². The number of nitrogens with zero attached hydrogens (tertiary/aromatic N) is 1. The zero-order chi connectivity index (χ0) is 19.9. The first-order valence-electron chi connectivity index (χ1n) is 9.64. The van der Waals surface area contributed by atoms with Crippen LogP contribution in [-0.4, -0.2) is 47.5 Å². The number of Topliss-reactive ketones (excluding diaryl/α,β-unsaturated/α-hetero) is 1. The zero-order valence-corrected chi connectivity index (χ0v) is 16.4. The summed E-state index contributed by atoms with van der Waals surface area (Å²) in [5, 5.41) is 0. The van der Waals surface area contributed by atoms with Crippen molar-refractivity contribution in [2.45, 2.75) is 64.5 Å². The highest BCUT2D eigenvalue weighted by Crippen LogP contribution is 2.39. The highest BCUT2D eigenvalue weighted by atomic mass is 16.6. The number of rotatable bonds is 8. The predicted molar refractivity (Wildman–Crippen MR) is 101 cm³/mol. The van der Waals surface area contributed by atoms with E-state index in [1.54, 1.807) is 11.8 Å². The minimum absolute atomic E-state index is 0.286. The number of likely N-dealkylation sites (tertiary alicyclic amines) is 1. The molecule has 1 saturated heterocycles. The lowest BCUT2D eigenvalue weighted by molar-refractivity contribution is -0.167. The van der Waals surface area contributed by atoms with E-state index in [9.17, 15) is 14.4 Å². The van der Waals surface area contributed by atoms with Crippen molar-refractivity contribution >= 4 is 17.8 Å². The topological polar surface area (TPSA) is 72.9 Å². The van der Waals surface area contributed by atoms with Gasteiger partial charge in [0, 0.05) is 26.3 Å². The smallest absolute Gasteiger partial charge is 0.410 e. The molecule has 1 aromatic rings. The first-order valence-corrected chi connectivity index (χ1v) is 9.64. The molecule has 27 heavy (non-hydrogen) atoms. The molecule has 0 N–H and O–H groups in total. The molecule has 148 valence electrons. The summed E-state index contributed by atoms with van der Waals surface area (Å²) in [5.74, 6) is -1.48. The van der Waals surface area contributed by atoms with Crippen LogP contribution in [0.15, 0.2) is 30.3 Å². The van der Waals surface area contributed by atoms with Crippen LogP contribution in [0.4, 0.5) is 4.79 Å². The van der Waals surface area contributed by atoms with E-state index in [-0.39, 0.29) is 12.6 Å². The third kappa shape index (κ3) is 5.08. The number of carbonyl (C=O) groups excluding carboxylic acids is 3. The molecule has 2 rings (SSSR count). The lowest BCUT2D eigenvalue weighted by Crippen LogP contribution is -2.51. The maximum Gasteiger partial charge on any atom is 0.410 e. The van der Waals surface area contributed by atoms with Crippen molar-refractivity contribution in [3.05, 3.63) is 35.9 Å². The Bertz CT molecular complexity index is 660. The fourth-order valence-electron chi connectivity index (χ4n) is 3.72. The molecule has 1 aliphatic heterocycles. The Balaban J connectivity index is 2.38. The molecule has 6 heteroatoms. The van der Waals surface area contributed by atoms with Gasteiger partial charge in [-0.15, -0.1) is 0 Å². The van der Waals surface area contributed by atoms with E-state index in [0.29, 0.717) is 25.8 Å². The first kappa shape index (κ1) is 20.9. The van der Waals surface area contributed by atoms with E-state index >= 15 is 0 Å². The Morgan fingerprint density at radius 1 is 1.19 bits per heavy atom. The third-order valence-corrected chi connectivity index (χ3v) is 5.02. The Kier molecular flexibility index (Phi) is 7.39. The van der Waals surface area contributed by atoms with Crippen molar-refractivity contribution < 1.29 is 23.9 Å². The van der Waals surface area contributed by atoms with Crippen LogP contribution < -0.4 is 0 Å². The van der Waals surface area contributed by atoms with Crippen LogP contribution in [0.25, 0.3) is 0 Å². The van der Waals surface area contributed by atoms with Gasteiger partial charge in [-0.2, -0.15) is 0 Å². The number of esters is 1. The van der Waals surface area contributed by atoms with Gasteiger partial charge < -0.3 is 14.4 Å². The minimum Gasteiger partial charge on any atom is -0.451 e. The fraction of sp³-hybridized carbons (Fsp3) is 0.571. The molecule has 2 atom stereocenters. The van der Waals surface area contributed by atoms with Crippen LogP contribution in [0.3, 0.4) is 0 Å². The summed E-state index contributed by atoms with van der Waals surface area (Å²) in [5.41, 5.74) is 0.0764. The molecule has 0 aromatic heterocycles. The molecule has 6 nitrogen and oxygen atoms in total. The van der Waals surface area contributed by atoms with E-state index in [0.717, 1.165) is 18.4 Å². The molecule has 1 amide bonds. The lowest BCUT2D eigenvalue weighted by atomic mass is 9.84. The molecular weight excluding hydrogens is 346 g/mol. The summed E-state index contributed by atoms with van der Waals surface area (Å²) in [6, 6.07) is 9.39. The van der Waals surface area contributed by atoms with Crippen LogP contribution >= 0.6 is 0 Å². The number of hydrogen-bond acceptors (Lipinski definition) is 5. The average molecular weight is 375 g/mol.